The molecule has 0 unspecified atom stereocenters. The number of anilines is 2. The zero-order valence-electron chi connectivity index (χ0n) is 18.3. The molecule has 31 heavy (non-hydrogen) atoms. The number of benzene rings is 2. The average molecular weight is 424 g/mol. The molecule has 7 heteroatoms. The third-order valence-corrected chi connectivity index (χ3v) is 4.79. The van der Waals surface area contributed by atoms with Gasteiger partial charge in [0.15, 0.2) is 11.5 Å². The minimum atomic E-state index is -0.284. The molecule has 1 fully saturated rings. The molecule has 1 aliphatic heterocycles. The Morgan fingerprint density at radius 2 is 1.84 bits per heavy atom. The van der Waals surface area contributed by atoms with Crippen molar-refractivity contribution >= 4 is 29.3 Å². The summed E-state index contributed by atoms with van der Waals surface area (Å²) in [5.74, 6) is 1.60. The van der Waals surface area contributed by atoms with E-state index in [0.29, 0.717) is 41.6 Å². The molecule has 1 N–H and O–H groups in total. The molecular weight excluding hydrogens is 396 g/mol. The second kappa shape index (κ2) is 10.0. The van der Waals surface area contributed by atoms with Gasteiger partial charge in [-0.3, -0.25) is 9.59 Å². The maximum atomic E-state index is 12.4. The number of rotatable bonds is 8. The van der Waals surface area contributed by atoms with Gasteiger partial charge in [-0.15, -0.1) is 0 Å². The van der Waals surface area contributed by atoms with E-state index in [2.05, 4.69) is 5.32 Å². The van der Waals surface area contributed by atoms with E-state index in [1.807, 2.05) is 32.0 Å². The Hall–Kier alpha value is -3.48. The van der Waals surface area contributed by atoms with E-state index in [-0.39, 0.29) is 17.9 Å². The van der Waals surface area contributed by atoms with Crippen molar-refractivity contribution in [3.63, 3.8) is 0 Å². The van der Waals surface area contributed by atoms with Gasteiger partial charge in [-0.05, 0) is 56.2 Å². The monoisotopic (exact) mass is 424 g/mol. The van der Waals surface area contributed by atoms with Crippen LogP contribution >= 0.6 is 0 Å². The standard InChI is InChI=1S/C24H28N2O5/c1-16(2)31-20-11-7-17(14-22(20)30-4)8-12-23(27)25-18-9-10-19(21(15-18)29-3)26-13-5-6-24(26)28/h7-12,14-16H,5-6,13H2,1-4H3,(H,25,27)/b12-8+. The van der Waals surface area contributed by atoms with Crippen LogP contribution in [0.4, 0.5) is 11.4 Å². The summed E-state index contributed by atoms with van der Waals surface area (Å²) in [5, 5.41) is 2.82. The van der Waals surface area contributed by atoms with Crippen molar-refractivity contribution < 1.29 is 23.8 Å². The van der Waals surface area contributed by atoms with E-state index >= 15 is 0 Å². The molecule has 0 aromatic heterocycles. The number of nitrogens with zero attached hydrogens (tertiary/aromatic N) is 1. The fourth-order valence-corrected chi connectivity index (χ4v) is 3.38. The fourth-order valence-electron chi connectivity index (χ4n) is 3.38. The summed E-state index contributed by atoms with van der Waals surface area (Å²) in [6.45, 7) is 4.57. The molecule has 2 aromatic carbocycles. The molecule has 0 aliphatic carbocycles. The summed E-state index contributed by atoms with van der Waals surface area (Å²) in [7, 11) is 3.13. The summed E-state index contributed by atoms with van der Waals surface area (Å²) >= 11 is 0. The van der Waals surface area contributed by atoms with Crippen molar-refractivity contribution in [2.45, 2.75) is 32.8 Å². The van der Waals surface area contributed by atoms with E-state index in [0.717, 1.165) is 12.0 Å². The Morgan fingerprint density at radius 3 is 2.48 bits per heavy atom. The normalized spacial score (nSPS) is 13.7. The van der Waals surface area contributed by atoms with Crippen LogP contribution in [0.15, 0.2) is 42.5 Å². The van der Waals surface area contributed by atoms with Gasteiger partial charge in [-0.2, -0.15) is 0 Å². The highest BCUT2D eigenvalue weighted by Gasteiger charge is 2.24. The van der Waals surface area contributed by atoms with E-state index in [4.69, 9.17) is 14.2 Å². The average Bonchev–Trinajstić information content (AvgIpc) is 3.18. The molecule has 1 heterocycles. The Kier molecular flexibility index (Phi) is 7.18. The van der Waals surface area contributed by atoms with Gasteiger partial charge in [0.2, 0.25) is 11.8 Å². The van der Waals surface area contributed by atoms with Crippen LogP contribution in [-0.4, -0.2) is 38.7 Å². The summed E-state index contributed by atoms with van der Waals surface area (Å²) in [6.07, 6.45) is 4.56. The van der Waals surface area contributed by atoms with Crippen LogP contribution in [0.2, 0.25) is 0 Å². The first-order chi connectivity index (χ1) is 14.9. The van der Waals surface area contributed by atoms with Crippen molar-refractivity contribution in [2.24, 2.45) is 0 Å². The highest BCUT2D eigenvalue weighted by Crippen LogP contribution is 2.34. The van der Waals surface area contributed by atoms with Crippen LogP contribution in [0.3, 0.4) is 0 Å². The predicted molar refractivity (Wildman–Crippen MR) is 121 cm³/mol. The predicted octanol–water partition coefficient (Wildman–Crippen LogP) is 4.27. The summed E-state index contributed by atoms with van der Waals surface area (Å²) in [4.78, 5) is 26.1. The Morgan fingerprint density at radius 1 is 1.06 bits per heavy atom. The largest absolute Gasteiger partial charge is 0.494 e. The fraction of sp³-hybridized carbons (Fsp3) is 0.333. The molecule has 164 valence electrons. The van der Waals surface area contributed by atoms with Gasteiger partial charge in [0.25, 0.3) is 0 Å². The number of amides is 2. The summed E-state index contributed by atoms with van der Waals surface area (Å²) in [6, 6.07) is 10.8. The lowest BCUT2D eigenvalue weighted by atomic mass is 10.2. The molecule has 0 spiro atoms. The molecule has 1 aliphatic rings. The number of methoxy groups -OCH3 is 2. The van der Waals surface area contributed by atoms with Gasteiger partial charge in [0.05, 0.1) is 26.0 Å². The Balaban J connectivity index is 1.69. The van der Waals surface area contributed by atoms with Crippen molar-refractivity contribution in [1.29, 1.82) is 0 Å². The smallest absolute Gasteiger partial charge is 0.248 e. The molecule has 0 atom stereocenters. The van der Waals surface area contributed by atoms with E-state index in [1.54, 1.807) is 43.4 Å². The van der Waals surface area contributed by atoms with Crippen LogP contribution in [0.25, 0.3) is 6.08 Å². The van der Waals surface area contributed by atoms with Gasteiger partial charge in [0.1, 0.15) is 5.75 Å². The highest BCUT2D eigenvalue weighted by atomic mass is 16.5. The first-order valence-electron chi connectivity index (χ1n) is 10.2. The van der Waals surface area contributed by atoms with Crippen LogP contribution < -0.4 is 24.4 Å². The number of hydrogen-bond donors (Lipinski definition) is 1. The van der Waals surface area contributed by atoms with E-state index < -0.39 is 0 Å². The van der Waals surface area contributed by atoms with Crippen LogP contribution in [0.5, 0.6) is 17.2 Å². The molecule has 3 rings (SSSR count). The molecule has 0 saturated carbocycles. The molecule has 1 saturated heterocycles. The molecule has 0 bridgehead atoms. The Labute approximate surface area is 182 Å². The molecule has 2 aromatic rings. The van der Waals surface area contributed by atoms with Crippen molar-refractivity contribution in [3.8, 4) is 17.2 Å². The third kappa shape index (κ3) is 5.57. The molecular formula is C24H28N2O5. The number of ether oxygens (including phenoxy) is 3. The van der Waals surface area contributed by atoms with Gasteiger partial charge in [0, 0.05) is 30.8 Å². The lowest BCUT2D eigenvalue weighted by molar-refractivity contribution is -0.117. The van der Waals surface area contributed by atoms with Crippen LogP contribution in [-0.2, 0) is 9.59 Å². The van der Waals surface area contributed by atoms with Crippen LogP contribution in [0.1, 0.15) is 32.3 Å². The summed E-state index contributed by atoms with van der Waals surface area (Å²) < 4.78 is 16.5. The number of carbonyl (C=O) groups excluding carboxylic acids is 2. The van der Waals surface area contributed by atoms with Crippen LogP contribution in [0, 0.1) is 0 Å². The third-order valence-electron chi connectivity index (χ3n) is 4.79. The summed E-state index contributed by atoms with van der Waals surface area (Å²) in [5.41, 5.74) is 2.11. The minimum Gasteiger partial charge on any atom is -0.494 e. The van der Waals surface area contributed by atoms with Gasteiger partial charge in [-0.25, -0.2) is 0 Å². The second-order valence-electron chi connectivity index (χ2n) is 7.44. The first-order valence-corrected chi connectivity index (χ1v) is 10.2. The van der Waals surface area contributed by atoms with Crippen molar-refractivity contribution in [1.82, 2.24) is 0 Å². The molecule has 7 nitrogen and oxygen atoms in total. The van der Waals surface area contributed by atoms with Gasteiger partial charge < -0.3 is 24.4 Å². The lowest BCUT2D eigenvalue weighted by Crippen LogP contribution is -2.24. The van der Waals surface area contributed by atoms with Crippen molar-refractivity contribution in [3.05, 3.63) is 48.0 Å². The Bertz CT molecular complexity index is 984. The van der Waals surface area contributed by atoms with E-state index in [1.165, 1.54) is 6.08 Å². The zero-order chi connectivity index (χ0) is 22.4. The first kappa shape index (κ1) is 22.2. The quantitative estimate of drug-likeness (QED) is 0.641. The lowest BCUT2D eigenvalue weighted by Gasteiger charge is -2.19. The van der Waals surface area contributed by atoms with E-state index in [9.17, 15) is 9.59 Å². The topological polar surface area (TPSA) is 77.1 Å². The minimum absolute atomic E-state index is 0.0352. The number of nitrogens with one attached hydrogen (secondary N) is 1. The van der Waals surface area contributed by atoms with Crippen molar-refractivity contribution in [2.75, 3.05) is 31.0 Å². The van der Waals surface area contributed by atoms with Gasteiger partial charge in [-0.1, -0.05) is 6.07 Å². The number of hydrogen-bond acceptors (Lipinski definition) is 5. The SMILES string of the molecule is COc1cc(/C=C/C(=O)Nc2ccc(N3CCCC3=O)c(OC)c2)ccc1OC(C)C. The number of carbonyl (C=O) groups is 2. The molecule has 0 radical (unpaired) electrons. The maximum absolute atomic E-state index is 12.4. The zero-order valence-corrected chi connectivity index (χ0v) is 18.3. The highest BCUT2D eigenvalue weighted by molar-refractivity contribution is 6.03. The second-order valence-corrected chi connectivity index (χ2v) is 7.44. The maximum Gasteiger partial charge on any atom is 0.248 e. The molecule has 2 amide bonds. The van der Waals surface area contributed by atoms with Gasteiger partial charge >= 0.3 is 0 Å².